The van der Waals surface area contributed by atoms with Crippen LogP contribution in [0.5, 0.6) is 5.75 Å². The molecule has 0 amide bonds. The molecule has 0 aliphatic carbocycles. The number of carbonyl (C=O) groups excluding carboxylic acids is 1. The van der Waals surface area contributed by atoms with Gasteiger partial charge in [-0.2, -0.15) is 0 Å². The first-order valence-corrected chi connectivity index (χ1v) is 3.34. The van der Waals surface area contributed by atoms with Crippen molar-refractivity contribution in [3.05, 3.63) is 23.0 Å². The number of rotatable bonds is 1. The molecular formula is C7H6ClNO2. The van der Waals surface area contributed by atoms with E-state index in [1.165, 1.54) is 13.0 Å². The van der Waals surface area contributed by atoms with Gasteiger partial charge in [-0.1, -0.05) is 11.6 Å². The fraction of sp³-hybridized carbons (Fsp3) is 0.143. The van der Waals surface area contributed by atoms with Crippen LogP contribution in [0.2, 0.25) is 5.15 Å². The van der Waals surface area contributed by atoms with E-state index in [-0.39, 0.29) is 22.2 Å². The number of halogens is 1. The molecular weight excluding hydrogens is 166 g/mol. The Morgan fingerprint density at radius 1 is 1.73 bits per heavy atom. The van der Waals surface area contributed by atoms with Gasteiger partial charge in [-0.3, -0.25) is 4.79 Å². The molecule has 0 saturated carbocycles. The Hall–Kier alpha value is -1.09. The number of hydrogen-bond donors (Lipinski definition) is 1. The van der Waals surface area contributed by atoms with Crippen LogP contribution in [0.1, 0.15) is 17.3 Å². The van der Waals surface area contributed by atoms with Crippen LogP contribution in [0.15, 0.2) is 12.3 Å². The van der Waals surface area contributed by atoms with E-state index >= 15 is 0 Å². The van der Waals surface area contributed by atoms with Crippen LogP contribution in [0.3, 0.4) is 0 Å². The molecule has 0 aliphatic heterocycles. The maximum atomic E-state index is 10.8. The van der Waals surface area contributed by atoms with Crippen molar-refractivity contribution in [3.8, 4) is 5.75 Å². The molecule has 0 radical (unpaired) electrons. The van der Waals surface area contributed by atoms with Crippen LogP contribution in [0, 0.1) is 0 Å². The van der Waals surface area contributed by atoms with Gasteiger partial charge in [0.1, 0.15) is 10.9 Å². The summed E-state index contributed by atoms with van der Waals surface area (Å²) >= 11 is 5.49. The first kappa shape index (κ1) is 8.01. The van der Waals surface area contributed by atoms with Crippen LogP contribution in [-0.4, -0.2) is 15.9 Å². The highest BCUT2D eigenvalue weighted by Crippen LogP contribution is 2.18. The van der Waals surface area contributed by atoms with E-state index in [4.69, 9.17) is 16.7 Å². The zero-order valence-electron chi connectivity index (χ0n) is 5.84. The predicted molar refractivity (Wildman–Crippen MR) is 40.9 cm³/mol. The molecule has 4 heteroatoms. The first-order chi connectivity index (χ1) is 5.11. The largest absolute Gasteiger partial charge is 0.506 e. The maximum Gasteiger partial charge on any atom is 0.163 e. The van der Waals surface area contributed by atoms with E-state index in [1.54, 1.807) is 0 Å². The molecule has 1 heterocycles. The van der Waals surface area contributed by atoms with Gasteiger partial charge in [0, 0.05) is 0 Å². The lowest BCUT2D eigenvalue weighted by Crippen LogP contribution is -1.93. The fourth-order valence-electron chi connectivity index (χ4n) is 0.705. The Morgan fingerprint density at radius 3 is 2.82 bits per heavy atom. The second-order valence-corrected chi connectivity index (χ2v) is 2.47. The van der Waals surface area contributed by atoms with Gasteiger partial charge in [-0.15, -0.1) is 0 Å². The molecule has 0 spiro atoms. The van der Waals surface area contributed by atoms with Crippen molar-refractivity contribution in [3.63, 3.8) is 0 Å². The Labute approximate surface area is 68.6 Å². The highest BCUT2D eigenvalue weighted by Gasteiger charge is 2.06. The topological polar surface area (TPSA) is 50.2 Å². The van der Waals surface area contributed by atoms with E-state index in [0.29, 0.717) is 0 Å². The van der Waals surface area contributed by atoms with Gasteiger partial charge in [-0.05, 0) is 13.0 Å². The molecule has 0 atom stereocenters. The van der Waals surface area contributed by atoms with Crippen molar-refractivity contribution >= 4 is 17.4 Å². The molecule has 1 N–H and O–H groups in total. The second kappa shape index (κ2) is 2.88. The zero-order chi connectivity index (χ0) is 8.43. The normalized spacial score (nSPS) is 9.64. The van der Waals surface area contributed by atoms with Gasteiger partial charge in [-0.25, -0.2) is 4.98 Å². The number of ketones is 1. The maximum absolute atomic E-state index is 10.8. The summed E-state index contributed by atoms with van der Waals surface area (Å²) in [5.74, 6) is -0.367. The molecule has 0 bridgehead atoms. The van der Waals surface area contributed by atoms with Gasteiger partial charge < -0.3 is 5.11 Å². The number of aromatic nitrogens is 1. The third kappa shape index (κ3) is 1.68. The van der Waals surface area contributed by atoms with E-state index in [1.807, 2.05) is 0 Å². The van der Waals surface area contributed by atoms with Crippen molar-refractivity contribution in [1.29, 1.82) is 0 Å². The molecule has 0 aromatic carbocycles. The van der Waals surface area contributed by atoms with Crippen molar-refractivity contribution in [1.82, 2.24) is 4.98 Å². The summed E-state index contributed by atoms with van der Waals surface area (Å²) in [4.78, 5) is 14.4. The molecule has 0 aliphatic rings. The van der Waals surface area contributed by atoms with Crippen molar-refractivity contribution in [2.24, 2.45) is 0 Å². The third-order valence-electron chi connectivity index (χ3n) is 1.23. The van der Waals surface area contributed by atoms with Crippen LogP contribution in [-0.2, 0) is 0 Å². The quantitative estimate of drug-likeness (QED) is 0.516. The SMILES string of the molecule is CC(=O)c1cc(Cl)ncc1O. The zero-order valence-corrected chi connectivity index (χ0v) is 6.59. The molecule has 11 heavy (non-hydrogen) atoms. The lowest BCUT2D eigenvalue weighted by atomic mass is 10.2. The van der Waals surface area contributed by atoms with E-state index in [2.05, 4.69) is 4.98 Å². The Balaban J connectivity index is 3.23. The summed E-state index contributed by atoms with van der Waals surface area (Å²) < 4.78 is 0. The predicted octanol–water partition coefficient (Wildman–Crippen LogP) is 1.64. The van der Waals surface area contributed by atoms with Crippen LogP contribution < -0.4 is 0 Å². The third-order valence-corrected chi connectivity index (χ3v) is 1.44. The lowest BCUT2D eigenvalue weighted by Gasteiger charge is -1.98. The summed E-state index contributed by atoms with van der Waals surface area (Å²) in [6.07, 6.45) is 1.15. The highest BCUT2D eigenvalue weighted by atomic mass is 35.5. The number of Topliss-reactive ketones (excluding diaryl/α,β-unsaturated/α-hetero) is 1. The summed E-state index contributed by atoms with van der Waals surface area (Å²) in [5.41, 5.74) is 0.199. The number of aromatic hydroxyl groups is 1. The monoisotopic (exact) mass is 171 g/mol. The lowest BCUT2D eigenvalue weighted by molar-refractivity contribution is 0.101. The van der Waals surface area contributed by atoms with Crippen LogP contribution >= 0.6 is 11.6 Å². The van der Waals surface area contributed by atoms with Crippen molar-refractivity contribution < 1.29 is 9.90 Å². The molecule has 58 valence electrons. The van der Waals surface area contributed by atoms with Crippen molar-refractivity contribution in [2.75, 3.05) is 0 Å². The fourth-order valence-corrected chi connectivity index (χ4v) is 0.863. The van der Waals surface area contributed by atoms with Gasteiger partial charge in [0.25, 0.3) is 0 Å². The molecule has 0 unspecified atom stereocenters. The molecule has 1 aromatic heterocycles. The molecule has 0 saturated heterocycles. The number of carbonyl (C=O) groups is 1. The first-order valence-electron chi connectivity index (χ1n) is 2.96. The van der Waals surface area contributed by atoms with Gasteiger partial charge in [0.05, 0.1) is 11.8 Å². The van der Waals surface area contributed by atoms with Crippen LogP contribution in [0.4, 0.5) is 0 Å². The molecule has 3 nitrogen and oxygen atoms in total. The number of hydrogen-bond acceptors (Lipinski definition) is 3. The average molecular weight is 172 g/mol. The summed E-state index contributed by atoms with van der Waals surface area (Å²) in [5, 5.41) is 9.27. The smallest absolute Gasteiger partial charge is 0.163 e. The summed E-state index contributed by atoms with van der Waals surface area (Å²) in [6.45, 7) is 1.35. The minimum absolute atomic E-state index is 0.137. The van der Waals surface area contributed by atoms with Gasteiger partial charge >= 0.3 is 0 Å². The van der Waals surface area contributed by atoms with E-state index in [9.17, 15) is 4.79 Å². The van der Waals surface area contributed by atoms with E-state index < -0.39 is 0 Å². The van der Waals surface area contributed by atoms with Gasteiger partial charge in [0.2, 0.25) is 0 Å². The molecule has 0 fully saturated rings. The van der Waals surface area contributed by atoms with Crippen molar-refractivity contribution in [2.45, 2.75) is 6.92 Å². The Kier molecular flexibility index (Phi) is 2.10. The highest BCUT2D eigenvalue weighted by molar-refractivity contribution is 6.29. The van der Waals surface area contributed by atoms with Gasteiger partial charge in [0.15, 0.2) is 5.78 Å². The minimum atomic E-state index is -0.230. The average Bonchev–Trinajstić information content (AvgIpc) is 1.94. The van der Waals surface area contributed by atoms with Crippen LogP contribution in [0.25, 0.3) is 0 Å². The number of nitrogens with zero attached hydrogens (tertiary/aromatic N) is 1. The van der Waals surface area contributed by atoms with E-state index in [0.717, 1.165) is 6.20 Å². The Bertz CT molecular complexity index is 298. The minimum Gasteiger partial charge on any atom is -0.506 e. The summed E-state index contributed by atoms with van der Waals surface area (Å²) in [6, 6.07) is 1.33. The molecule has 1 aromatic rings. The summed E-state index contributed by atoms with van der Waals surface area (Å²) in [7, 11) is 0. The standard InChI is InChI=1S/C7H6ClNO2/c1-4(10)5-2-7(8)9-3-6(5)11/h2-3,11H,1H3. The molecule has 1 rings (SSSR count). The number of pyridine rings is 1. The second-order valence-electron chi connectivity index (χ2n) is 2.08. The Morgan fingerprint density at radius 2 is 2.36 bits per heavy atom.